The Kier molecular flexibility index (Phi) is 6.09. The molecule has 1 rings (SSSR count). The van der Waals surface area contributed by atoms with E-state index < -0.39 is 5.97 Å². The van der Waals surface area contributed by atoms with Gasteiger partial charge in [0, 0.05) is 12.1 Å². The van der Waals surface area contributed by atoms with Crippen molar-refractivity contribution in [1.82, 2.24) is 9.80 Å². The molecule has 0 radical (unpaired) electrons. The van der Waals surface area contributed by atoms with Gasteiger partial charge in [-0.15, -0.1) is 0 Å². The number of hydrogen-bond acceptors (Lipinski definition) is 3. The maximum absolute atomic E-state index is 10.8. The van der Waals surface area contributed by atoms with Crippen LogP contribution in [-0.4, -0.2) is 59.6 Å². The largest absolute Gasteiger partial charge is 0.481 e. The molecule has 1 atom stereocenters. The molecule has 1 aliphatic rings. The molecule has 18 heavy (non-hydrogen) atoms. The molecule has 1 unspecified atom stereocenters. The van der Waals surface area contributed by atoms with Gasteiger partial charge < -0.3 is 14.9 Å². The van der Waals surface area contributed by atoms with E-state index in [4.69, 9.17) is 5.11 Å². The highest BCUT2D eigenvalue weighted by atomic mass is 16.4. The minimum atomic E-state index is -0.682. The van der Waals surface area contributed by atoms with Crippen LogP contribution in [0.5, 0.6) is 0 Å². The van der Waals surface area contributed by atoms with E-state index in [9.17, 15) is 4.79 Å². The number of rotatable bonds is 6. The average molecular weight is 256 g/mol. The Bertz CT molecular complexity index is 261. The molecule has 1 fully saturated rings. The SMILES string of the molecule is CC(CCN(C)C1CCN(C(C)C)CC1)C(=O)O. The Hall–Kier alpha value is -0.610. The fourth-order valence-electron chi connectivity index (χ4n) is 2.55. The number of aliphatic carboxylic acids is 1. The van der Waals surface area contributed by atoms with Gasteiger partial charge in [-0.2, -0.15) is 0 Å². The van der Waals surface area contributed by atoms with Crippen LogP contribution in [0.1, 0.15) is 40.0 Å². The highest BCUT2D eigenvalue weighted by Crippen LogP contribution is 2.18. The Morgan fingerprint density at radius 2 is 1.89 bits per heavy atom. The van der Waals surface area contributed by atoms with Gasteiger partial charge in [0.05, 0.1) is 5.92 Å². The summed E-state index contributed by atoms with van der Waals surface area (Å²) in [6, 6.07) is 1.27. The van der Waals surface area contributed by atoms with Crippen LogP contribution in [0.4, 0.5) is 0 Å². The molecule has 1 heterocycles. The Morgan fingerprint density at radius 3 is 2.33 bits per heavy atom. The van der Waals surface area contributed by atoms with Gasteiger partial charge in [0.1, 0.15) is 0 Å². The van der Waals surface area contributed by atoms with Crippen molar-refractivity contribution >= 4 is 5.97 Å². The molecule has 0 bridgehead atoms. The third kappa shape index (κ3) is 4.58. The van der Waals surface area contributed by atoms with Gasteiger partial charge in [-0.25, -0.2) is 0 Å². The van der Waals surface area contributed by atoms with Crippen molar-refractivity contribution in [3.63, 3.8) is 0 Å². The van der Waals surface area contributed by atoms with Crippen molar-refractivity contribution in [2.24, 2.45) is 5.92 Å². The smallest absolute Gasteiger partial charge is 0.306 e. The van der Waals surface area contributed by atoms with Gasteiger partial charge in [-0.3, -0.25) is 4.79 Å². The first-order valence-electron chi connectivity index (χ1n) is 7.09. The molecule has 1 saturated heterocycles. The van der Waals surface area contributed by atoms with E-state index >= 15 is 0 Å². The second kappa shape index (κ2) is 7.10. The summed E-state index contributed by atoms with van der Waals surface area (Å²) in [6.07, 6.45) is 3.16. The number of carboxylic acids is 1. The summed E-state index contributed by atoms with van der Waals surface area (Å²) >= 11 is 0. The first-order valence-corrected chi connectivity index (χ1v) is 7.09. The Morgan fingerprint density at radius 1 is 1.33 bits per heavy atom. The van der Waals surface area contributed by atoms with Crippen LogP contribution in [0.25, 0.3) is 0 Å². The zero-order valence-electron chi connectivity index (χ0n) is 12.2. The molecule has 0 amide bonds. The monoisotopic (exact) mass is 256 g/mol. The summed E-state index contributed by atoms with van der Waals surface area (Å²) in [7, 11) is 2.13. The van der Waals surface area contributed by atoms with Crippen LogP contribution in [0.3, 0.4) is 0 Å². The quantitative estimate of drug-likeness (QED) is 0.788. The van der Waals surface area contributed by atoms with Crippen LogP contribution in [0, 0.1) is 5.92 Å². The molecule has 0 aromatic carbocycles. The number of carbonyl (C=O) groups is 1. The van der Waals surface area contributed by atoms with E-state index in [2.05, 4.69) is 30.7 Å². The minimum absolute atomic E-state index is 0.233. The van der Waals surface area contributed by atoms with E-state index in [-0.39, 0.29) is 5.92 Å². The third-order valence-electron chi connectivity index (χ3n) is 4.19. The fraction of sp³-hybridized carbons (Fsp3) is 0.929. The van der Waals surface area contributed by atoms with Crippen LogP contribution in [-0.2, 0) is 4.79 Å². The lowest BCUT2D eigenvalue weighted by atomic mass is 10.0. The third-order valence-corrected chi connectivity index (χ3v) is 4.19. The van der Waals surface area contributed by atoms with Gasteiger partial charge in [0.15, 0.2) is 0 Å². The zero-order valence-corrected chi connectivity index (χ0v) is 12.2. The van der Waals surface area contributed by atoms with Crippen molar-refractivity contribution in [3.8, 4) is 0 Å². The van der Waals surface area contributed by atoms with E-state index in [0.717, 1.165) is 13.0 Å². The van der Waals surface area contributed by atoms with Crippen LogP contribution >= 0.6 is 0 Å². The Balaban J connectivity index is 2.27. The second-order valence-corrected chi connectivity index (χ2v) is 5.87. The summed E-state index contributed by atoms with van der Waals surface area (Å²) in [5.41, 5.74) is 0. The van der Waals surface area contributed by atoms with Crippen molar-refractivity contribution < 1.29 is 9.90 Å². The summed E-state index contributed by atoms with van der Waals surface area (Å²) in [5.74, 6) is -0.916. The fourth-order valence-corrected chi connectivity index (χ4v) is 2.55. The molecule has 0 aromatic heterocycles. The molecular weight excluding hydrogens is 228 g/mol. The maximum atomic E-state index is 10.8. The van der Waals surface area contributed by atoms with Gasteiger partial charge in [-0.05, 0) is 59.8 Å². The second-order valence-electron chi connectivity index (χ2n) is 5.87. The first-order chi connectivity index (χ1) is 8.41. The van der Waals surface area contributed by atoms with E-state index in [1.54, 1.807) is 6.92 Å². The van der Waals surface area contributed by atoms with Crippen molar-refractivity contribution in [2.45, 2.75) is 52.1 Å². The van der Waals surface area contributed by atoms with Crippen LogP contribution in [0.15, 0.2) is 0 Å². The maximum Gasteiger partial charge on any atom is 0.306 e. The zero-order chi connectivity index (χ0) is 13.7. The molecular formula is C14H28N2O2. The van der Waals surface area contributed by atoms with Crippen molar-refractivity contribution in [2.75, 3.05) is 26.7 Å². The first kappa shape index (κ1) is 15.4. The minimum Gasteiger partial charge on any atom is -0.481 e. The lowest BCUT2D eigenvalue weighted by Gasteiger charge is -2.38. The van der Waals surface area contributed by atoms with Gasteiger partial charge in [-0.1, -0.05) is 6.92 Å². The lowest BCUT2D eigenvalue weighted by Crippen LogP contribution is -2.46. The molecule has 0 spiro atoms. The molecule has 0 aliphatic carbocycles. The number of carboxylic acid groups (broad SMARTS) is 1. The normalized spacial score (nSPS) is 20.6. The van der Waals surface area contributed by atoms with Crippen LogP contribution < -0.4 is 0 Å². The van der Waals surface area contributed by atoms with Crippen molar-refractivity contribution in [3.05, 3.63) is 0 Å². The summed E-state index contributed by atoms with van der Waals surface area (Å²) in [6.45, 7) is 9.51. The summed E-state index contributed by atoms with van der Waals surface area (Å²) < 4.78 is 0. The van der Waals surface area contributed by atoms with E-state index in [1.807, 2.05) is 0 Å². The number of piperidine rings is 1. The summed E-state index contributed by atoms with van der Waals surface area (Å²) in [5, 5.41) is 8.88. The highest BCUT2D eigenvalue weighted by molar-refractivity contribution is 5.69. The molecule has 0 saturated carbocycles. The predicted octanol–water partition coefficient (Wildman–Crippen LogP) is 1.90. The van der Waals surface area contributed by atoms with E-state index in [1.165, 1.54) is 25.9 Å². The molecule has 4 heteroatoms. The number of hydrogen-bond donors (Lipinski definition) is 1. The summed E-state index contributed by atoms with van der Waals surface area (Å²) in [4.78, 5) is 15.6. The van der Waals surface area contributed by atoms with E-state index in [0.29, 0.717) is 12.1 Å². The molecule has 1 N–H and O–H groups in total. The Labute approximate surface area is 111 Å². The lowest BCUT2D eigenvalue weighted by molar-refractivity contribution is -0.141. The van der Waals surface area contributed by atoms with Crippen molar-refractivity contribution in [1.29, 1.82) is 0 Å². The average Bonchev–Trinajstić information content (AvgIpc) is 2.35. The molecule has 106 valence electrons. The number of nitrogens with zero attached hydrogens (tertiary/aromatic N) is 2. The van der Waals surface area contributed by atoms with Gasteiger partial charge in [0.2, 0.25) is 0 Å². The molecule has 1 aliphatic heterocycles. The van der Waals surface area contributed by atoms with Gasteiger partial charge in [0.25, 0.3) is 0 Å². The molecule has 4 nitrogen and oxygen atoms in total. The standard InChI is InChI=1S/C14H28N2O2/c1-11(2)16-9-6-13(7-10-16)15(4)8-5-12(3)14(17)18/h11-13H,5-10H2,1-4H3,(H,17,18). The van der Waals surface area contributed by atoms with Gasteiger partial charge >= 0.3 is 5.97 Å². The van der Waals surface area contributed by atoms with Crippen LogP contribution in [0.2, 0.25) is 0 Å². The topological polar surface area (TPSA) is 43.8 Å². The number of likely N-dealkylation sites (tertiary alicyclic amines) is 1. The molecule has 0 aromatic rings. The predicted molar refractivity (Wildman–Crippen MR) is 73.8 cm³/mol. The highest BCUT2D eigenvalue weighted by Gasteiger charge is 2.24.